The van der Waals surface area contributed by atoms with Gasteiger partial charge in [0.05, 0.1) is 22.2 Å². The first-order chi connectivity index (χ1) is 31.0. The van der Waals surface area contributed by atoms with E-state index in [0.29, 0.717) is 11.5 Å². The van der Waals surface area contributed by atoms with Crippen LogP contribution in [0.3, 0.4) is 0 Å². The number of ether oxygens (including phenoxy) is 1. The number of nitrogens with zero attached hydrogens (tertiary/aromatic N) is 4. The number of pyridine rings is 1. The van der Waals surface area contributed by atoms with Gasteiger partial charge in [-0.3, -0.25) is 4.57 Å². The molecule has 1 aliphatic carbocycles. The molecule has 3 aromatic heterocycles. The molecule has 8 aromatic rings. The summed E-state index contributed by atoms with van der Waals surface area (Å²) in [4.78, 5) is 10.9. The minimum absolute atomic E-state index is 0.0147. The maximum Gasteiger partial charge on any atom is 0.217 e. The molecule has 2 atom stereocenters. The molecule has 10 rings (SSSR count). The Morgan fingerprint density at radius 2 is 1.20 bits per heavy atom. The zero-order valence-electron chi connectivity index (χ0n) is 43.9. The highest BCUT2D eigenvalue weighted by Crippen LogP contribution is 2.60. The van der Waals surface area contributed by atoms with E-state index in [2.05, 4.69) is 212 Å². The highest BCUT2D eigenvalue weighted by atomic mass is 16.5. The summed E-state index contributed by atoms with van der Waals surface area (Å²) >= 11 is 0. The summed E-state index contributed by atoms with van der Waals surface area (Å²) in [7, 11) is 0. The molecule has 0 amide bonds. The quantitative estimate of drug-likeness (QED) is 0.178. The Morgan fingerprint density at radius 3 is 1.88 bits per heavy atom. The van der Waals surface area contributed by atoms with Crippen LogP contribution in [-0.2, 0) is 32.9 Å². The van der Waals surface area contributed by atoms with E-state index in [1.165, 1.54) is 38.4 Å². The standard InChI is InChI=1S/C60H68N4O/c1-34-18-20-49-44(22-34)45-24-37(4)51(64-50-21-19-40(55(5,6)7)29-46(50)47-30-42(57(11,12)13)33-61-53(47)64)31-52(45)63(49)43-27-38(26-41(28-43)56(8,9)10)54-62-59(17)48-25-36(3)35(2)23-39(48)32-60(59,65-54)58(14,15)16/h18-31,33H,32H2,1-17H3/t59-,60-/m1/s1/i32D2. The predicted octanol–water partition coefficient (Wildman–Crippen LogP) is 15.4. The lowest BCUT2D eigenvalue weighted by Gasteiger charge is -2.45. The molecular formula is C60H68N4O. The van der Waals surface area contributed by atoms with E-state index in [4.69, 9.17) is 14.7 Å². The maximum absolute atomic E-state index is 9.97. The molecule has 0 radical (unpaired) electrons. The topological polar surface area (TPSA) is 44.3 Å². The van der Waals surface area contributed by atoms with Crippen LogP contribution in [0.4, 0.5) is 0 Å². The molecule has 0 N–H and O–H groups in total. The Labute approximate surface area is 389 Å². The van der Waals surface area contributed by atoms with E-state index in [9.17, 15) is 2.74 Å². The van der Waals surface area contributed by atoms with Crippen LogP contribution in [-0.4, -0.2) is 25.6 Å². The van der Waals surface area contributed by atoms with Gasteiger partial charge in [0.1, 0.15) is 16.8 Å². The molecule has 4 heterocycles. The van der Waals surface area contributed by atoms with Crippen molar-refractivity contribution in [2.24, 2.45) is 10.4 Å². The van der Waals surface area contributed by atoms with Crippen LogP contribution in [0.5, 0.6) is 0 Å². The summed E-state index contributed by atoms with van der Waals surface area (Å²) < 4.78 is 32.1. The van der Waals surface area contributed by atoms with Crippen LogP contribution >= 0.6 is 0 Å². The van der Waals surface area contributed by atoms with Crippen LogP contribution in [0.15, 0.2) is 96.1 Å². The number of aryl methyl sites for hydroxylation is 4. The number of hydrogen-bond donors (Lipinski definition) is 0. The molecule has 334 valence electrons. The number of rotatable bonds is 3. The summed E-state index contributed by atoms with van der Waals surface area (Å²) in [5.74, 6) is 0.478. The van der Waals surface area contributed by atoms with Crippen LogP contribution in [0, 0.1) is 33.1 Å². The van der Waals surface area contributed by atoms with E-state index in [1.54, 1.807) is 0 Å². The maximum atomic E-state index is 9.97. The third kappa shape index (κ3) is 6.38. The number of aliphatic imine (C=N–C) groups is 1. The Balaban J connectivity index is 1.25. The molecule has 0 spiro atoms. The molecule has 0 unspecified atom stereocenters. The number of aromatic nitrogens is 3. The SMILES string of the molecule is [2H]C1([2H])c2cc(C)c(C)cc2[C@@]2(C)N=C(c3cc(-n4c5ccc(C)cc5c5cc(C)c(-n6c7ccc(C(C)(C)C)cc7c7cc(C(C)(C)C)cnc76)cc54)cc(C(C)(C)C)c3)O[C@@]12C(C)(C)C. The average Bonchev–Trinajstić information content (AvgIpc) is 3.88. The lowest BCUT2D eigenvalue weighted by Crippen LogP contribution is -2.54. The summed E-state index contributed by atoms with van der Waals surface area (Å²) in [5.41, 5.74) is 13.8. The second-order valence-electron chi connectivity index (χ2n) is 23.8. The molecular weight excluding hydrogens is 793 g/mol. The molecule has 0 saturated heterocycles. The van der Waals surface area contributed by atoms with E-state index >= 15 is 0 Å². The molecule has 1 aliphatic heterocycles. The van der Waals surface area contributed by atoms with Crippen molar-refractivity contribution in [1.82, 2.24) is 14.1 Å². The first kappa shape index (κ1) is 40.8. The van der Waals surface area contributed by atoms with Crippen molar-refractivity contribution in [3.8, 4) is 11.4 Å². The van der Waals surface area contributed by atoms with E-state index in [1.807, 2.05) is 6.07 Å². The second-order valence-corrected chi connectivity index (χ2v) is 23.8. The minimum atomic E-state index is -1.83. The number of hydrogen-bond acceptors (Lipinski definition) is 3. The molecule has 5 heteroatoms. The molecule has 0 fully saturated rings. The van der Waals surface area contributed by atoms with Gasteiger partial charge in [0, 0.05) is 53.5 Å². The minimum Gasteiger partial charge on any atom is -0.467 e. The summed E-state index contributed by atoms with van der Waals surface area (Å²) in [6.45, 7) is 37.3. The van der Waals surface area contributed by atoms with E-state index in [-0.39, 0.29) is 16.2 Å². The zero-order valence-corrected chi connectivity index (χ0v) is 41.9. The van der Waals surface area contributed by atoms with Crippen LogP contribution in [0.25, 0.3) is 55.1 Å². The number of benzene rings is 5. The lowest BCUT2D eigenvalue weighted by atomic mass is 9.66. The van der Waals surface area contributed by atoms with Crippen molar-refractivity contribution in [3.05, 3.63) is 147 Å². The summed E-state index contributed by atoms with van der Waals surface area (Å²) in [5, 5.41) is 4.74. The van der Waals surface area contributed by atoms with Gasteiger partial charge in [0.15, 0.2) is 0 Å². The van der Waals surface area contributed by atoms with Crippen molar-refractivity contribution >= 4 is 49.6 Å². The average molecular weight is 863 g/mol. The fourth-order valence-electron chi connectivity index (χ4n) is 10.8. The van der Waals surface area contributed by atoms with Crippen molar-refractivity contribution in [2.75, 3.05) is 0 Å². The van der Waals surface area contributed by atoms with Crippen molar-refractivity contribution in [3.63, 3.8) is 0 Å². The van der Waals surface area contributed by atoms with Gasteiger partial charge >= 0.3 is 0 Å². The molecule has 5 aromatic carbocycles. The fraction of sp³-hybridized carbons (Fsp3) is 0.400. The monoisotopic (exact) mass is 863 g/mol. The summed E-state index contributed by atoms with van der Waals surface area (Å²) in [6, 6.07) is 31.8. The van der Waals surface area contributed by atoms with Gasteiger partial charge in [0.2, 0.25) is 5.90 Å². The van der Waals surface area contributed by atoms with Gasteiger partial charge in [-0.15, -0.1) is 0 Å². The van der Waals surface area contributed by atoms with Crippen molar-refractivity contribution in [1.29, 1.82) is 0 Å². The molecule has 65 heavy (non-hydrogen) atoms. The smallest absolute Gasteiger partial charge is 0.217 e. The van der Waals surface area contributed by atoms with Gasteiger partial charge in [-0.05, 0) is 156 Å². The Hall–Kier alpha value is -5.68. The van der Waals surface area contributed by atoms with Gasteiger partial charge in [-0.2, -0.15) is 0 Å². The van der Waals surface area contributed by atoms with Crippen LogP contribution in [0.1, 0.15) is 148 Å². The normalized spacial score (nSPS) is 20.4. The highest BCUT2D eigenvalue weighted by molar-refractivity contribution is 6.12. The van der Waals surface area contributed by atoms with Crippen molar-refractivity contribution in [2.45, 2.75) is 151 Å². The molecule has 5 nitrogen and oxygen atoms in total. The first-order valence-corrected chi connectivity index (χ1v) is 23.6. The van der Waals surface area contributed by atoms with Crippen LogP contribution < -0.4 is 0 Å². The molecule has 2 aliphatic rings. The van der Waals surface area contributed by atoms with Crippen molar-refractivity contribution < 1.29 is 7.48 Å². The highest BCUT2D eigenvalue weighted by Gasteiger charge is 2.66. The molecule has 0 bridgehead atoms. The fourth-order valence-corrected chi connectivity index (χ4v) is 10.8. The third-order valence-corrected chi connectivity index (χ3v) is 14.9. The largest absolute Gasteiger partial charge is 0.467 e. The Bertz CT molecular complexity index is 3390. The predicted molar refractivity (Wildman–Crippen MR) is 275 cm³/mol. The first-order valence-electron chi connectivity index (χ1n) is 24.6. The van der Waals surface area contributed by atoms with Gasteiger partial charge < -0.3 is 9.30 Å². The Morgan fingerprint density at radius 1 is 0.585 bits per heavy atom. The van der Waals surface area contributed by atoms with Gasteiger partial charge in [-0.1, -0.05) is 113 Å². The lowest BCUT2D eigenvalue weighted by molar-refractivity contribution is -0.0673. The second kappa shape index (κ2) is 13.7. The zero-order chi connectivity index (χ0) is 48.5. The summed E-state index contributed by atoms with van der Waals surface area (Å²) in [6.07, 6.45) is 0.237. The van der Waals surface area contributed by atoms with E-state index in [0.717, 1.165) is 66.8 Å². The van der Waals surface area contributed by atoms with E-state index < -0.39 is 22.9 Å². The number of fused-ring (bicyclic) bond motifs is 9. The van der Waals surface area contributed by atoms with Gasteiger partial charge in [0.25, 0.3) is 0 Å². The molecule has 0 saturated carbocycles. The third-order valence-electron chi connectivity index (χ3n) is 14.9. The van der Waals surface area contributed by atoms with Crippen LogP contribution in [0.2, 0.25) is 0 Å². The van der Waals surface area contributed by atoms with Gasteiger partial charge in [-0.25, -0.2) is 9.98 Å². The Kier molecular flexibility index (Phi) is 8.59.